The Kier molecular flexibility index (Phi) is 6.66. The largest absolute Gasteiger partial charge is 0.496 e. The molecule has 1 amide bonds. The maximum atomic E-state index is 12.5. The highest BCUT2D eigenvalue weighted by molar-refractivity contribution is 6.01. The van der Waals surface area contributed by atoms with E-state index in [0.717, 1.165) is 43.2 Å². The van der Waals surface area contributed by atoms with Crippen LogP contribution in [-0.2, 0) is 9.53 Å². The van der Waals surface area contributed by atoms with E-state index >= 15 is 0 Å². The van der Waals surface area contributed by atoms with Crippen molar-refractivity contribution in [1.29, 1.82) is 0 Å². The number of rotatable bonds is 7. The highest BCUT2D eigenvalue weighted by Crippen LogP contribution is 2.22. The fourth-order valence-corrected chi connectivity index (χ4v) is 3.20. The van der Waals surface area contributed by atoms with Crippen LogP contribution in [0, 0.1) is 6.92 Å². The maximum absolute atomic E-state index is 12.5. The smallest absolute Gasteiger partial charge is 0.224 e. The predicted molar refractivity (Wildman–Crippen MR) is 109 cm³/mol. The zero-order chi connectivity index (χ0) is 19.9. The molecule has 0 bridgehead atoms. The van der Waals surface area contributed by atoms with E-state index in [1.807, 2.05) is 37.3 Å². The van der Waals surface area contributed by atoms with Gasteiger partial charge in [-0.1, -0.05) is 11.6 Å². The number of nitrogens with one attached hydrogen (secondary N) is 1. The molecule has 1 N–H and O–H groups in total. The third kappa shape index (κ3) is 5.10. The van der Waals surface area contributed by atoms with Gasteiger partial charge in [-0.2, -0.15) is 0 Å². The van der Waals surface area contributed by atoms with Gasteiger partial charge in [0.1, 0.15) is 5.75 Å². The summed E-state index contributed by atoms with van der Waals surface area (Å²) >= 11 is 0. The molecule has 6 heteroatoms. The predicted octanol–water partition coefficient (Wildman–Crippen LogP) is 3.44. The summed E-state index contributed by atoms with van der Waals surface area (Å²) in [6.07, 6.45) is 0.263. The van der Waals surface area contributed by atoms with E-state index < -0.39 is 0 Å². The van der Waals surface area contributed by atoms with Crippen LogP contribution in [-0.4, -0.2) is 45.1 Å². The number of aryl methyl sites for hydroxylation is 1. The highest BCUT2D eigenvalue weighted by Gasteiger charge is 2.15. The molecule has 0 radical (unpaired) electrons. The molecule has 0 saturated carbocycles. The molecule has 0 unspecified atom stereocenters. The molecule has 1 aliphatic heterocycles. The Labute approximate surface area is 165 Å². The Morgan fingerprint density at radius 3 is 2.46 bits per heavy atom. The number of benzene rings is 2. The number of nitrogens with zero attached hydrogens (tertiary/aromatic N) is 1. The van der Waals surface area contributed by atoms with E-state index in [2.05, 4.69) is 10.2 Å². The van der Waals surface area contributed by atoms with E-state index in [0.29, 0.717) is 11.3 Å². The lowest BCUT2D eigenvalue weighted by Crippen LogP contribution is -2.36. The molecule has 28 heavy (non-hydrogen) atoms. The molecule has 2 aromatic carbocycles. The third-order valence-electron chi connectivity index (χ3n) is 4.76. The first-order valence-corrected chi connectivity index (χ1v) is 9.47. The summed E-state index contributed by atoms with van der Waals surface area (Å²) in [5.74, 6) is 0.257. The van der Waals surface area contributed by atoms with Crippen LogP contribution in [0.5, 0.6) is 5.75 Å². The fraction of sp³-hybridized carbons (Fsp3) is 0.364. The van der Waals surface area contributed by atoms with E-state index in [-0.39, 0.29) is 24.5 Å². The lowest BCUT2D eigenvalue weighted by atomic mass is 10.0. The zero-order valence-corrected chi connectivity index (χ0v) is 16.4. The average molecular weight is 382 g/mol. The maximum Gasteiger partial charge on any atom is 0.224 e. The standard InChI is InChI=1S/C22H26N2O4/c1-16-3-9-21(27-2)19(15-16)20(25)8-10-22(26)23-17-4-6-18(7-5-17)24-11-13-28-14-12-24/h3-7,9,15H,8,10-14H2,1-2H3,(H,23,26). The number of ether oxygens (including phenoxy) is 2. The van der Waals surface area contributed by atoms with E-state index in [9.17, 15) is 9.59 Å². The van der Waals surface area contributed by atoms with Gasteiger partial charge in [0.25, 0.3) is 0 Å². The molecular formula is C22H26N2O4. The molecule has 0 aliphatic carbocycles. The number of methoxy groups -OCH3 is 1. The Morgan fingerprint density at radius 2 is 1.79 bits per heavy atom. The Bertz CT molecular complexity index is 827. The summed E-state index contributed by atoms with van der Waals surface area (Å²) in [6.45, 7) is 5.13. The number of carbonyl (C=O) groups excluding carboxylic acids is 2. The van der Waals surface area contributed by atoms with Crippen molar-refractivity contribution in [3.63, 3.8) is 0 Å². The molecule has 3 rings (SSSR count). The van der Waals surface area contributed by atoms with Crippen LogP contribution in [0.25, 0.3) is 0 Å². The lowest BCUT2D eigenvalue weighted by Gasteiger charge is -2.28. The summed E-state index contributed by atoms with van der Waals surface area (Å²) < 4.78 is 10.6. The highest BCUT2D eigenvalue weighted by atomic mass is 16.5. The molecule has 1 heterocycles. The van der Waals surface area contributed by atoms with Gasteiger partial charge < -0.3 is 19.7 Å². The van der Waals surface area contributed by atoms with Crippen molar-refractivity contribution in [3.05, 3.63) is 53.6 Å². The molecule has 148 valence electrons. The summed E-state index contributed by atoms with van der Waals surface area (Å²) in [5, 5.41) is 2.85. The molecule has 0 atom stereocenters. The fourth-order valence-electron chi connectivity index (χ4n) is 3.20. The SMILES string of the molecule is COc1ccc(C)cc1C(=O)CCC(=O)Nc1ccc(N2CCOCC2)cc1. The van der Waals surface area contributed by atoms with E-state index in [1.54, 1.807) is 12.1 Å². The van der Waals surface area contributed by atoms with Crippen molar-refractivity contribution in [3.8, 4) is 5.75 Å². The van der Waals surface area contributed by atoms with Gasteiger partial charge in [-0.15, -0.1) is 0 Å². The Morgan fingerprint density at radius 1 is 1.07 bits per heavy atom. The summed E-state index contributed by atoms with van der Waals surface area (Å²) in [4.78, 5) is 27.0. The van der Waals surface area contributed by atoms with Crippen LogP contribution in [0.4, 0.5) is 11.4 Å². The van der Waals surface area contributed by atoms with Gasteiger partial charge in [0, 0.05) is 37.3 Å². The first-order chi connectivity index (χ1) is 13.6. The number of ketones is 1. The molecule has 1 aliphatic rings. The molecule has 2 aromatic rings. The van der Waals surface area contributed by atoms with Gasteiger partial charge in [-0.3, -0.25) is 9.59 Å². The van der Waals surface area contributed by atoms with Crippen LogP contribution in [0.1, 0.15) is 28.8 Å². The topological polar surface area (TPSA) is 67.9 Å². The molecule has 1 saturated heterocycles. The van der Waals surface area contributed by atoms with Gasteiger partial charge in [0.2, 0.25) is 5.91 Å². The van der Waals surface area contributed by atoms with Crippen molar-refractivity contribution >= 4 is 23.1 Å². The van der Waals surface area contributed by atoms with Crippen LogP contribution in [0.2, 0.25) is 0 Å². The second-order valence-electron chi connectivity index (χ2n) is 6.82. The summed E-state index contributed by atoms with van der Waals surface area (Å²) in [6, 6.07) is 13.2. The molecule has 0 aromatic heterocycles. The number of amides is 1. The van der Waals surface area contributed by atoms with Crippen LogP contribution < -0.4 is 15.0 Å². The van der Waals surface area contributed by atoms with Crippen molar-refractivity contribution in [2.45, 2.75) is 19.8 Å². The van der Waals surface area contributed by atoms with E-state index in [4.69, 9.17) is 9.47 Å². The number of carbonyl (C=O) groups is 2. The molecule has 0 spiro atoms. The normalized spacial score (nSPS) is 13.9. The van der Waals surface area contributed by atoms with Crippen molar-refractivity contribution < 1.29 is 19.1 Å². The van der Waals surface area contributed by atoms with Crippen LogP contribution in [0.3, 0.4) is 0 Å². The van der Waals surface area contributed by atoms with Crippen molar-refractivity contribution in [2.75, 3.05) is 43.6 Å². The average Bonchev–Trinajstić information content (AvgIpc) is 2.73. The van der Waals surface area contributed by atoms with Gasteiger partial charge in [-0.05, 0) is 43.3 Å². The number of anilines is 2. The summed E-state index contributed by atoms with van der Waals surface area (Å²) in [5.41, 5.74) is 3.34. The first kappa shape index (κ1) is 19.9. The first-order valence-electron chi connectivity index (χ1n) is 9.47. The Hall–Kier alpha value is -2.86. The zero-order valence-electron chi connectivity index (χ0n) is 16.4. The molecule has 1 fully saturated rings. The van der Waals surface area contributed by atoms with Crippen LogP contribution in [0.15, 0.2) is 42.5 Å². The monoisotopic (exact) mass is 382 g/mol. The van der Waals surface area contributed by atoms with Crippen molar-refractivity contribution in [2.24, 2.45) is 0 Å². The van der Waals surface area contributed by atoms with Gasteiger partial charge in [-0.25, -0.2) is 0 Å². The molecule has 6 nitrogen and oxygen atoms in total. The summed E-state index contributed by atoms with van der Waals surface area (Å²) in [7, 11) is 1.54. The number of morpholine rings is 1. The second-order valence-corrected chi connectivity index (χ2v) is 6.82. The van der Waals surface area contributed by atoms with Crippen molar-refractivity contribution in [1.82, 2.24) is 0 Å². The minimum absolute atomic E-state index is 0.0987. The van der Waals surface area contributed by atoms with Crippen LogP contribution >= 0.6 is 0 Å². The van der Waals surface area contributed by atoms with Gasteiger partial charge in [0.15, 0.2) is 5.78 Å². The number of hydrogen-bond donors (Lipinski definition) is 1. The minimum Gasteiger partial charge on any atom is -0.496 e. The second kappa shape index (κ2) is 9.37. The minimum atomic E-state index is -0.181. The lowest BCUT2D eigenvalue weighted by molar-refractivity contribution is -0.116. The Balaban J connectivity index is 1.53. The third-order valence-corrected chi connectivity index (χ3v) is 4.76. The van der Waals surface area contributed by atoms with Gasteiger partial charge >= 0.3 is 0 Å². The quantitative estimate of drug-likeness (QED) is 0.743. The number of hydrogen-bond acceptors (Lipinski definition) is 5. The van der Waals surface area contributed by atoms with E-state index in [1.165, 1.54) is 7.11 Å². The van der Waals surface area contributed by atoms with Gasteiger partial charge in [0.05, 0.1) is 25.9 Å². The number of Topliss-reactive ketones (excluding diaryl/α,β-unsaturated/α-hetero) is 1. The molecular weight excluding hydrogens is 356 g/mol.